The molecule has 0 N–H and O–H groups in total. The van der Waals surface area contributed by atoms with Gasteiger partial charge in [-0.3, -0.25) is 9.24 Å². The van der Waals surface area contributed by atoms with Crippen molar-refractivity contribution >= 4 is 47.4 Å². The fourth-order valence-electron chi connectivity index (χ4n) is 1.59. The smallest absolute Gasteiger partial charge is 0.306 e. The average Bonchev–Trinajstić information content (AvgIpc) is 2.46. The van der Waals surface area contributed by atoms with E-state index in [1.165, 1.54) is 16.9 Å². The van der Waals surface area contributed by atoms with Crippen molar-refractivity contribution in [2.24, 2.45) is 0 Å². The van der Waals surface area contributed by atoms with Gasteiger partial charge >= 0.3 is 6.72 Å². The monoisotopic (exact) mass is 365 g/mol. The third-order valence-corrected chi connectivity index (χ3v) is 8.79. The summed E-state index contributed by atoms with van der Waals surface area (Å²) in [6.45, 7) is 3.76. The Labute approximate surface area is 141 Å². The fourth-order valence-corrected chi connectivity index (χ4v) is 7.04. The van der Waals surface area contributed by atoms with Gasteiger partial charge in [0, 0.05) is 10.3 Å². The van der Waals surface area contributed by atoms with Crippen molar-refractivity contribution in [2.45, 2.75) is 39.0 Å². The summed E-state index contributed by atoms with van der Waals surface area (Å²) >= 11 is 12.3. The van der Waals surface area contributed by atoms with Crippen molar-refractivity contribution in [3.63, 3.8) is 0 Å². The largest absolute Gasteiger partial charge is 0.354 e. The number of hydrogen-bond donors (Lipinski definition) is 0. The molecule has 0 bridgehead atoms. The zero-order valence-electron chi connectivity index (χ0n) is 12.5. The lowest BCUT2D eigenvalue weighted by Crippen LogP contribution is -2.18. The lowest BCUT2D eigenvalue weighted by atomic mass is 10.2. The second-order valence-electron chi connectivity index (χ2n) is 4.54. The fraction of sp³-hybridized carbons (Fsp3) is 0.500. The molecule has 1 rings (SSSR count). The normalized spacial score (nSPS) is 15.2. The second kappa shape index (κ2) is 9.16. The molecule has 1 aromatic rings. The van der Waals surface area contributed by atoms with Crippen molar-refractivity contribution in [3.05, 3.63) is 34.9 Å². The molecular formula is C14H21ClNO2PS2. The molecule has 0 amide bonds. The highest BCUT2D eigenvalue weighted by atomic mass is 35.5. The van der Waals surface area contributed by atoms with Crippen LogP contribution in [-0.4, -0.2) is 22.0 Å². The highest BCUT2D eigenvalue weighted by Crippen LogP contribution is 2.64. The van der Waals surface area contributed by atoms with Crippen molar-refractivity contribution in [1.82, 2.24) is 4.67 Å². The maximum atomic E-state index is 13.1. The Morgan fingerprint density at radius 1 is 1.43 bits per heavy atom. The van der Waals surface area contributed by atoms with Gasteiger partial charge in [0.25, 0.3) is 0 Å². The molecule has 0 aliphatic carbocycles. The molecule has 2 atom stereocenters. The minimum Gasteiger partial charge on any atom is -0.306 e. The molecule has 0 radical (unpaired) electrons. The Morgan fingerprint density at radius 2 is 2.05 bits per heavy atom. The van der Waals surface area contributed by atoms with Gasteiger partial charge in [0.2, 0.25) is 0 Å². The lowest BCUT2D eigenvalue weighted by molar-refractivity contribution is 0.316. The first kappa shape index (κ1) is 19.0. The molecule has 0 spiro atoms. The van der Waals surface area contributed by atoms with Gasteiger partial charge in [-0.1, -0.05) is 49.8 Å². The van der Waals surface area contributed by atoms with Crippen LogP contribution in [0.15, 0.2) is 24.3 Å². The Bertz CT molecular complexity index is 498. The molecule has 3 nitrogen and oxygen atoms in total. The summed E-state index contributed by atoms with van der Waals surface area (Å²) < 4.78 is 20.3. The first-order chi connectivity index (χ1) is 9.95. The van der Waals surface area contributed by atoms with Crippen LogP contribution in [0.4, 0.5) is 0 Å². The SMILES string of the molecule is CCOP(=O)(SC(C)CC)N(C=S)Cc1ccc(Cl)cc1. The first-order valence-corrected chi connectivity index (χ1v) is 10.8. The first-order valence-electron chi connectivity index (χ1n) is 6.85. The minimum absolute atomic E-state index is 0.241. The van der Waals surface area contributed by atoms with Gasteiger partial charge in [-0.25, -0.2) is 0 Å². The van der Waals surface area contributed by atoms with Crippen molar-refractivity contribution in [2.75, 3.05) is 6.61 Å². The van der Waals surface area contributed by atoms with Crippen LogP contribution < -0.4 is 0 Å². The van der Waals surface area contributed by atoms with E-state index in [4.69, 9.17) is 28.3 Å². The van der Waals surface area contributed by atoms with E-state index in [0.717, 1.165) is 12.0 Å². The summed E-state index contributed by atoms with van der Waals surface area (Å²) in [5, 5.41) is 0.916. The molecule has 0 aliphatic heterocycles. The molecule has 0 aliphatic rings. The average molecular weight is 366 g/mol. The summed E-state index contributed by atoms with van der Waals surface area (Å²) in [6, 6.07) is 7.43. The Balaban J connectivity index is 2.93. The number of hydrogen-bond acceptors (Lipinski definition) is 4. The third kappa shape index (κ3) is 5.91. The number of rotatable bonds is 9. The van der Waals surface area contributed by atoms with Gasteiger partial charge in [-0.05, 0) is 42.4 Å². The lowest BCUT2D eigenvalue weighted by Gasteiger charge is -2.29. The Morgan fingerprint density at radius 3 is 2.52 bits per heavy atom. The van der Waals surface area contributed by atoms with Gasteiger partial charge in [0.05, 0.1) is 18.6 Å². The van der Waals surface area contributed by atoms with E-state index in [9.17, 15) is 4.57 Å². The third-order valence-electron chi connectivity index (χ3n) is 2.87. The number of thiocarbonyl (C=S) groups is 1. The molecule has 0 heterocycles. The van der Waals surface area contributed by atoms with Crippen LogP contribution in [0.5, 0.6) is 0 Å². The van der Waals surface area contributed by atoms with Crippen LogP contribution in [0.25, 0.3) is 0 Å². The van der Waals surface area contributed by atoms with Crippen LogP contribution >= 0.6 is 41.9 Å². The molecule has 118 valence electrons. The van der Waals surface area contributed by atoms with E-state index in [2.05, 4.69) is 6.92 Å². The zero-order chi connectivity index (χ0) is 15.9. The second-order valence-corrected chi connectivity index (χ2v) is 9.93. The summed E-state index contributed by atoms with van der Waals surface area (Å²) in [6.07, 6.45) is 0.925. The Kier molecular flexibility index (Phi) is 8.28. The Hall–Kier alpha value is -0.0600. The minimum atomic E-state index is -3.02. The number of nitrogens with zero attached hydrogens (tertiary/aromatic N) is 1. The van der Waals surface area contributed by atoms with Crippen LogP contribution in [0, 0.1) is 0 Å². The summed E-state index contributed by atoms with van der Waals surface area (Å²) in [4.78, 5) is 0. The van der Waals surface area contributed by atoms with Crippen LogP contribution in [-0.2, 0) is 15.6 Å². The van der Waals surface area contributed by atoms with Crippen LogP contribution in [0.1, 0.15) is 32.8 Å². The van der Waals surface area contributed by atoms with E-state index >= 15 is 0 Å². The van der Waals surface area contributed by atoms with E-state index in [1.54, 1.807) is 4.67 Å². The van der Waals surface area contributed by atoms with Gasteiger partial charge in [-0.15, -0.1) is 0 Å². The summed E-state index contributed by atoms with van der Waals surface area (Å²) in [7, 11) is 0. The molecular weight excluding hydrogens is 345 g/mol. The van der Waals surface area contributed by atoms with Crippen molar-refractivity contribution in [1.29, 1.82) is 0 Å². The predicted molar refractivity (Wildman–Crippen MR) is 97.2 cm³/mol. The highest BCUT2D eigenvalue weighted by molar-refractivity contribution is 8.56. The topological polar surface area (TPSA) is 29.5 Å². The molecule has 0 saturated carbocycles. The number of benzene rings is 1. The molecule has 0 fully saturated rings. The quantitative estimate of drug-likeness (QED) is 0.409. The van der Waals surface area contributed by atoms with E-state index in [-0.39, 0.29) is 5.25 Å². The molecule has 2 unspecified atom stereocenters. The molecule has 7 heteroatoms. The van der Waals surface area contributed by atoms with Crippen LogP contribution in [0.3, 0.4) is 0 Å². The molecule has 0 saturated heterocycles. The van der Waals surface area contributed by atoms with Gasteiger partial charge < -0.3 is 4.52 Å². The predicted octanol–water partition coefficient (Wildman–Crippen LogP) is 5.78. The van der Waals surface area contributed by atoms with E-state index < -0.39 is 6.72 Å². The van der Waals surface area contributed by atoms with Crippen LogP contribution in [0.2, 0.25) is 5.02 Å². The van der Waals surface area contributed by atoms with Gasteiger partial charge in [0.1, 0.15) is 0 Å². The molecule has 0 aromatic heterocycles. The maximum Gasteiger partial charge on any atom is 0.354 e. The maximum absolute atomic E-state index is 13.1. The van der Waals surface area contributed by atoms with Crippen molar-refractivity contribution < 1.29 is 9.09 Å². The standard InChI is InChI=1S/C14H21ClNO2PS2/c1-4-12(3)21-19(17,18-5-2)16(11-20)10-13-6-8-14(15)9-7-13/h6-9,11-12H,4-5,10H2,1-3H3. The number of halogens is 1. The van der Waals surface area contributed by atoms with Gasteiger partial charge in [-0.2, -0.15) is 0 Å². The molecule has 21 heavy (non-hydrogen) atoms. The van der Waals surface area contributed by atoms with Gasteiger partial charge in [0.15, 0.2) is 0 Å². The summed E-state index contributed by atoms with van der Waals surface area (Å²) in [5.74, 6) is 0. The van der Waals surface area contributed by atoms with E-state index in [0.29, 0.717) is 18.2 Å². The zero-order valence-corrected chi connectivity index (χ0v) is 15.8. The van der Waals surface area contributed by atoms with E-state index in [1.807, 2.05) is 38.1 Å². The molecule has 1 aromatic carbocycles. The highest BCUT2D eigenvalue weighted by Gasteiger charge is 2.32. The summed E-state index contributed by atoms with van der Waals surface area (Å²) in [5.41, 5.74) is 2.42. The van der Waals surface area contributed by atoms with Crippen molar-refractivity contribution in [3.8, 4) is 0 Å².